The van der Waals surface area contributed by atoms with Gasteiger partial charge in [-0.25, -0.2) is 4.79 Å². The minimum absolute atomic E-state index is 0.347. The minimum Gasteiger partial charge on any atom is -0.465 e. The first kappa shape index (κ1) is 9.51. The van der Waals surface area contributed by atoms with Crippen LogP contribution in [0, 0.1) is 6.92 Å². The van der Waals surface area contributed by atoms with Gasteiger partial charge in [-0.05, 0) is 6.92 Å². The standard InChI is InChI=1S/C9H11NO3/c1-6-8(9(12)13-3)7(5-11)4-10(6)2/h4-5H,1-3H3. The molecule has 13 heavy (non-hydrogen) atoms. The highest BCUT2D eigenvalue weighted by atomic mass is 16.5. The fourth-order valence-electron chi connectivity index (χ4n) is 1.21. The van der Waals surface area contributed by atoms with E-state index in [0.717, 1.165) is 5.69 Å². The highest BCUT2D eigenvalue weighted by molar-refractivity contribution is 5.99. The topological polar surface area (TPSA) is 48.3 Å². The van der Waals surface area contributed by atoms with Crippen molar-refractivity contribution >= 4 is 12.3 Å². The SMILES string of the molecule is COC(=O)c1c(C=O)cn(C)c1C. The van der Waals surface area contributed by atoms with Gasteiger partial charge in [-0.2, -0.15) is 0 Å². The van der Waals surface area contributed by atoms with Crippen molar-refractivity contribution in [2.45, 2.75) is 6.92 Å². The summed E-state index contributed by atoms with van der Waals surface area (Å²) in [6.07, 6.45) is 2.26. The lowest BCUT2D eigenvalue weighted by Crippen LogP contribution is -2.05. The van der Waals surface area contributed by atoms with Crippen molar-refractivity contribution in [1.29, 1.82) is 0 Å². The number of aldehydes is 1. The third-order valence-corrected chi connectivity index (χ3v) is 2.03. The molecule has 0 amide bonds. The summed E-state index contributed by atoms with van der Waals surface area (Å²) in [4.78, 5) is 21.8. The molecule has 0 N–H and O–H groups in total. The fraction of sp³-hybridized carbons (Fsp3) is 0.333. The number of hydrogen-bond acceptors (Lipinski definition) is 3. The lowest BCUT2D eigenvalue weighted by Gasteiger charge is -1.99. The van der Waals surface area contributed by atoms with Crippen LogP contribution in [0.2, 0.25) is 0 Å². The van der Waals surface area contributed by atoms with E-state index in [1.165, 1.54) is 7.11 Å². The summed E-state index contributed by atoms with van der Waals surface area (Å²) in [5.41, 5.74) is 1.45. The number of hydrogen-bond donors (Lipinski definition) is 0. The summed E-state index contributed by atoms with van der Waals surface area (Å²) in [7, 11) is 3.07. The highest BCUT2D eigenvalue weighted by Gasteiger charge is 2.17. The van der Waals surface area contributed by atoms with Crippen molar-refractivity contribution < 1.29 is 14.3 Å². The van der Waals surface area contributed by atoms with Crippen molar-refractivity contribution in [3.05, 3.63) is 23.0 Å². The fourth-order valence-corrected chi connectivity index (χ4v) is 1.21. The predicted molar refractivity (Wildman–Crippen MR) is 46.9 cm³/mol. The Bertz CT molecular complexity index is 352. The van der Waals surface area contributed by atoms with E-state index in [4.69, 9.17) is 0 Å². The lowest BCUT2D eigenvalue weighted by atomic mass is 10.2. The molecule has 1 aromatic rings. The van der Waals surface area contributed by atoms with Gasteiger partial charge in [0.25, 0.3) is 0 Å². The van der Waals surface area contributed by atoms with Crippen molar-refractivity contribution in [3.8, 4) is 0 Å². The van der Waals surface area contributed by atoms with Gasteiger partial charge in [0.1, 0.15) is 0 Å². The summed E-state index contributed by atoms with van der Waals surface area (Å²) in [6, 6.07) is 0. The third-order valence-electron chi connectivity index (χ3n) is 2.03. The largest absolute Gasteiger partial charge is 0.465 e. The smallest absolute Gasteiger partial charge is 0.340 e. The molecule has 0 aliphatic heterocycles. The molecular weight excluding hydrogens is 170 g/mol. The van der Waals surface area contributed by atoms with E-state index in [1.54, 1.807) is 24.7 Å². The summed E-state index contributed by atoms with van der Waals surface area (Å²) in [6.45, 7) is 1.76. The Morgan fingerprint density at radius 2 is 2.23 bits per heavy atom. The number of aromatic nitrogens is 1. The molecule has 0 aliphatic rings. The number of aryl methyl sites for hydroxylation is 1. The molecule has 0 saturated heterocycles. The highest BCUT2D eigenvalue weighted by Crippen LogP contribution is 2.14. The normalized spacial score (nSPS) is 9.77. The monoisotopic (exact) mass is 181 g/mol. The number of ether oxygens (including phenoxy) is 1. The molecule has 1 aromatic heterocycles. The van der Waals surface area contributed by atoms with Crippen LogP contribution in [0.25, 0.3) is 0 Å². The molecule has 0 fully saturated rings. The van der Waals surface area contributed by atoms with Crippen LogP contribution in [0.3, 0.4) is 0 Å². The zero-order valence-corrected chi connectivity index (χ0v) is 7.83. The summed E-state index contributed by atoms with van der Waals surface area (Å²) in [5.74, 6) is -0.472. The molecule has 4 nitrogen and oxygen atoms in total. The van der Waals surface area contributed by atoms with E-state index in [-0.39, 0.29) is 0 Å². The Hall–Kier alpha value is -1.58. The van der Waals surface area contributed by atoms with Crippen molar-refractivity contribution in [2.24, 2.45) is 7.05 Å². The first-order valence-corrected chi connectivity index (χ1v) is 3.81. The Kier molecular flexibility index (Phi) is 2.51. The average molecular weight is 181 g/mol. The van der Waals surface area contributed by atoms with Gasteiger partial charge in [-0.3, -0.25) is 4.79 Å². The van der Waals surface area contributed by atoms with Crippen LogP contribution < -0.4 is 0 Å². The molecule has 0 aliphatic carbocycles. The van der Waals surface area contributed by atoms with Crippen LogP contribution in [0.4, 0.5) is 0 Å². The van der Waals surface area contributed by atoms with Gasteiger partial charge in [0.05, 0.1) is 12.7 Å². The van der Waals surface area contributed by atoms with E-state index in [9.17, 15) is 9.59 Å². The average Bonchev–Trinajstić information content (AvgIpc) is 2.42. The van der Waals surface area contributed by atoms with Crippen LogP contribution >= 0.6 is 0 Å². The first-order chi connectivity index (χ1) is 6.11. The maximum absolute atomic E-state index is 11.2. The number of carbonyl (C=O) groups excluding carboxylic acids is 2. The maximum Gasteiger partial charge on any atom is 0.340 e. The predicted octanol–water partition coefficient (Wildman–Crippen LogP) is 0.933. The molecule has 0 saturated carbocycles. The number of nitrogens with zero attached hydrogens (tertiary/aromatic N) is 1. The Labute approximate surface area is 76.1 Å². The quantitative estimate of drug-likeness (QED) is 0.503. The Balaban J connectivity index is 3.31. The number of rotatable bonds is 2. The van der Waals surface area contributed by atoms with Gasteiger partial charge in [-0.15, -0.1) is 0 Å². The molecule has 0 aromatic carbocycles. The van der Waals surface area contributed by atoms with Gasteiger partial charge in [0, 0.05) is 24.5 Å². The van der Waals surface area contributed by atoms with Crippen LogP contribution in [0.5, 0.6) is 0 Å². The summed E-state index contributed by atoms with van der Waals surface area (Å²) >= 11 is 0. The Morgan fingerprint density at radius 3 is 2.69 bits per heavy atom. The maximum atomic E-state index is 11.2. The summed E-state index contributed by atoms with van der Waals surface area (Å²) in [5, 5.41) is 0. The number of esters is 1. The number of carbonyl (C=O) groups is 2. The molecule has 0 spiro atoms. The Morgan fingerprint density at radius 1 is 1.62 bits per heavy atom. The molecule has 4 heteroatoms. The minimum atomic E-state index is -0.472. The third kappa shape index (κ3) is 1.47. The van der Waals surface area contributed by atoms with E-state index < -0.39 is 5.97 Å². The summed E-state index contributed by atoms with van der Waals surface area (Å²) < 4.78 is 6.28. The van der Waals surface area contributed by atoms with E-state index >= 15 is 0 Å². The van der Waals surface area contributed by atoms with Crippen LogP contribution in [-0.4, -0.2) is 23.9 Å². The zero-order chi connectivity index (χ0) is 10.0. The van der Waals surface area contributed by atoms with Crippen molar-refractivity contribution in [3.63, 3.8) is 0 Å². The van der Waals surface area contributed by atoms with Crippen LogP contribution in [-0.2, 0) is 11.8 Å². The van der Waals surface area contributed by atoms with E-state index in [2.05, 4.69) is 4.74 Å². The second kappa shape index (κ2) is 3.43. The first-order valence-electron chi connectivity index (χ1n) is 3.81. The van der Waals surface area contributed by atoms with Gasteiger partial charge in [-0.1, -0.05) is 0 Å². The van der Waals surface area contributed by atoms with Crippen molar-refractivity contribution in [1.82, 2.24) is 4.57 Å². The van der Waals surface area contributed by atoms with E-state index in [0.29, 0.717) is 17.4 Å². The molecular formula is C9H11NO3. The van der Waals surface area contributed by atoms with Gasteiger partial charge in [0.15, 0.2) is 6.29 Å². The number of methoxy groups -OCH3 is 1. The molecule has 0 bridgehead atoms. The van der Waals surface area contributed by atoms with Gasteiger partial charge >= 0.3 is 5.97 Å². The zero-order valence-electron chi connectivity index (χ0n) is 7.83. The van der Waals surface area contributed by atoms with E-state index in [1.807, 2.05) is 0 Å². The molecule has 0 unspecified atom stereocenters. The molecule has 0 radical (unpaired) electrons. The lowest BCUT2D eigenvalue weighted by molar-refractivity contribution is 0.0597. The van der Waals surface area contributed by atoms with Gasteiger partial charge in [0.2, 0.25) is 0 Å². The van der Waals surface area contributed by atoms with Crippen molar-refractivity contribution in [2.75, 3.05) is 7.11 Å². The second-order valence-corrected chi connectivity index (χ2v) is 2.77. The van der Waals surface area contributed by atoms with Crippen LogP contribution in [0.1, 0.15) is 26.4 Å². The van der Waals surface area contributed by atoms with Gasteiger partial charge < -0.3 is 9.30 Å². The molecule has 70 valence electrons. The van der Waals surface area contributed by atoms with Crippen LogP contribution in [0.15, 0.2) is 6.20 Å². The molecule has 1 heterocycles. The molecule has 1 rings (SSSR count). The molecule has 0 atom stereocenters. The second-order valence-electron chi connectivity index (χ2n) is 2.77.